The van der Waals surface area contributed by atoms with Gasteiger partial charge < -0.3 is 11.2 Å². The van der Waals surface area contributed by atoms with Gasteiger partial charge >= 0.3 is 0 Å². The Morgan fingerprint density at radius 1 is 1.10 bits per heavy atom. The van der Waals surface area contributed by atoms with Crippen LogP contribution in [0.2, 0.25) is 0 Å². The molecule has 0 unspecified atom stereocenters. The molecule has 0 aliphatic carbocycles. The molecule has 106 valence electrons. The predicted molar refractivity (Wildman–Crippen MR) is 77.6 cm³/mol. The Balaban J connectivity index is 1.99. The number of anilines is 2. The molecular weight excluding hydrogens is 278 g/mol. The minimum Gasteiger partial charge on any atom is -0.398 e. The van der Waals surface area contributed by atoms with Gasteiger partial charge in [-0.15, -0.1) is 0 Å². The smallest absolute Gasteiger partial charge is 0.296 e. The molecule has 0 aliphatic rings. The van der Waals surface area contributed by atoms with Gasteiger partial charge in [0.15, 0.2) is 0 Å². The van der Waals surface area contributed by atoms with Crippen molar-refractivity contribution in [2.75, 3.05) is 11.2 Å². The molecule has 0 bridgehead atoms. The Labute approximate surface area is 117 Å². The number of para-hydroxylation sites is 1. The maximum absolute atomic E-state index is 11.0. The van der Waals surface area contributed by atoms with Gasteiger partial charge in [-0.2, -0.15) is 8.42 Å². The Morgan fingerprint density at radius 3 is 2.40 bits per heavy atom. The third-order valence-electron chi connectivity index (χ3n) is 2.65. The largest absolute Gasteiger partial charge is 0.398 e. The number of nitrogens with one attached hydrogen (secondary N) is 2. The average molecular weight is 293 g/mol. The molecule has 0 saturated carbocycles. The first-order valence-electron chi connectivity index (χ1n) is 5.86. The van der Waals surface area contributed by atoms with E-state index in [-0.39, 0.29) is 10.6 Å². The minimum absolute atomic E-state index is 0.0199. The van der Waals surface area contributed by atoms with Crippen molar-refractivity contribution in [3.8, 4) is 0 Å². The molecule has 20 heavy (non-hydrogen) atoms. The van der Waals surface area contributed by atoms with E-state index in [9.17, 15) is 8.42 Å². The van der Waals surface area contributed by atoms with Crippen molar-refractivity contribution in [3.05, 3.63) is 54.1 Å². The second-order valence-electron chi connectivity index (χ2n) is 4.19. The molecule has 0 fully saturated rings. The van der Waals surface area contributed by atoms with Crippen LogP contribution in [0.3, 0.4) is 0 Å². The van der Waals surface area contributed by atoms with Gasteiger partial charge in [-0.25, -0.2) is 5.43 Å². The van der Waals surface area contributed by atoms with Crippen LogP contribution in [0.15, 0.2) is 53.4 Å². The summed E-state index contributed by atoms with van der Waals surface area (Å²) in [5, 5.41) is 0. The van der Waals surface area contributed by atoms with E-state index in [4.69, 9.17) is 10.3 Å². The van der Waals surface area contributed by atoms with Crippen LogP contribution in [0.4, 0.5) is 11.4 Å². The minimum atomic E-state index is -4.27. The summed E-state index contributed by atoms with van der Waals surface area (Å²) < 4.78 is 31.0. The van der Waals surface area contributed by atoms with Crippen molar-refractivity contribution in [2.24, 2.45) is 0 Å². The van der Waals surface area contributed by atoms with Gasteiger partial charge in [-0.3, -0.25) is 4.55 Å². The standard InChI is InChI=1S/C13H15N3O3S/c14-12-8-10(6-7-13(12)20(17,18)19)9-15-16-11-4-2-1-3-5-11/h1-8,15-16H,9,14H2,(H,17,18,19). The molecule has 0 amide bonds. The van der Waals surface area contributed by atoms with Crippen LogP contribution in [0.5, 0.6) is 0 Å². The van der Waals surface area contributed by atoms with Gasteiger partial charge in [-0.1, -0.05) is 24.3 Å². The predicted octanol–water partition coefficient (Wildman–Crippen LogP) is 1.63. The molecule has 5 N–H and O–H groups in total. The van der Waals surface area contributed by atoms with Crippen LogP contribution in [-0.4, -0.2) is 13.0 Å². The van der Waals surface area contributed by atoms with E-state index in [2.05, 4.69) is 10.9 Å². The SMILES string of the molecule is Nc1cc(CNNc2ccccc2)ccc1S(=O)(=O)O. The quantitative estimate of drug-likeness (QED) is 0.379. The van der Waals surface area contributed by atoms with Crippen molar-refractivity contribution in [1.29, 1.82) is 0 Å². The molecule has 0 spiro atoms. The van der Waals surface area contributed by atoms with Crippen LogP contribution in [0, 0.1) is 0 Å². The zero-order valence-electron chi connectivity index (χ0n) is 10.6. The van der Waals surface area contributed by atoms with Crippen LogP contribution in [0.1, 0.15) is 5.56 Å². The fraction of sp³-hybridized carbons (Fsp3) is 0.0769. The maximum atomic E-state index is 11.0. The molecule has 0 saturated heterocycles. The number of hydrogen-bond donors (Lipinski definition) is 4. The summed E-state index contributed by atoms with van der Waals surface area (Å²) in [6.45, 7) is 0.449. The third kappa shape index (κ3) is 3.70. The van der Waals surface area contributed by atoms with Crippen LogP contribution in [-0.2, 0) is 16.7 Å². The van der Waals surface area contributed by atoms with Gasteiger partial charge in [0.1, 0.15) is 4.90 Å². The Morgan fingerprint density at radius 2 is 1.80 bits per heavy atom. The second kappa shape index (κ2) is 5.91. The number of hydrazine groups is 1. The summed E-state index contributed by atoms with van der Waals surface area (Å²) in [5.41, 5.74) is 13.3. The van der Waals surface area contributed by atoms with Crippen LogP contribution < -0.4 is 16.6 Å². The highest BCUT2D eigenvalue weighted by Crippen LogP contribution is 2.19. The van der Waals surface area contributed by atoms with Crippen LogP contribution in [0.25, 0.3) is 0 Å². The van der Waals surface area contributed by atoms with Crippen molar-refractivity contribution >= 4 is 21.5 Å². The van der Waals surface area contributed by atoms with E-state index in [1.54, 1.807) is 6.07 Å². The van der Waals surface area contributed by atoms with Crippen LogP contribution >= 0.6 is 0 Å². The summed E-state index contributed by atoms with van der Waals surface area (Å²) in [7, 11) is -4.27. The summed E-state index contributed by atoms with van der Waals surface area (Å²) >= 11 is 0. The normalized spacial score (nSPS) is 11.2. The van der Waals surface area contributed by atoms with Gasteiger partial charge in [0, 0.05) is 12.2 Å². The first kappa shape index (κ1) is 14.3. The zero-order chi connectivity index (χ0) is 14.6. The first-order chi connectivity index (χ1) is 9.47. The highest BCUT2D eigenvalue weighted by Gasteiger charge is 2.13. The molecule has 7 heteroatoms. The number of nitrogens with two attached hydrogens (primary N) is 1. The fourth-order valence-electron chi connectivity index (χ4n) is 1.71. The number of hydrogen-bond acceptors (Lipinski definition) is 5. The lowest BCUT2D eigenvalue weighted by molar-refractivity contribution is 0.483. The molecule has 6 nitrogen and oxygen atoms in total. The fourth-order valence-corrected chi connectivity index (χ4v) is 2.31. The molecule has 0 heterocycles. The van der Waals surface area contributed by atoms with Gasteiger partial charge in [0.05, 0.1) is 5.69 Å². The molecule has 2 aromatic carbocycles. The summed E-state index contributed by atoms with van der Waals surface area (Å²) in [6.07, 6.45) is 0. The second-order valence-corrected chi connectivity index (χ2v) is 5.58. The summed E-state index contributed by atoms with van der Waals surface area (Å²) in [5.74, 6) is 0. The molecule has 2 rings (SSSR count). The van der Waals surface area contributed by atoms with E-state index in [0.29, 0.717) is 6.54 Å². The molecule has 0 atom stereocenters. The van der Waals surface area contributed by atoms with Crippen molar-refractivity contribution in [2.45, 2.75) is 11.4 Å². The lowest BCUT2D eigenvalue weighted by Crippen LogP contribution is -2.21. The monoisotopic (exact) mass is 293 g/mol. The highest BCUT2D eigenvalue weighted by molar-refractivity contribution is 7.86. The van der Waals surface area contributed by atoms with E-state index >= 15 is 0 Å². The zero-order valence-corrected chi connectivity index (χ0v) is 11.4. The first-order valence-corrected chi connectivity index (χ1v) is 7.30. The molecule has 0 aromatic heterocycles. The van der Waals surface area contributed by atoms with Crippen molar-refractivity contribution in [3.63, 3.8) is 0 Å². The van der Waals surface area contributed by atoms with Gasteiger partial charge in [0.2, 0.25) is 0 Å². The average Bonchev–Trinajstić information content (AvgIpc) is 2.38. The highest BCUT2D eigenvalue weighted by atomic mass is 32.2. The molecular formula is C13H15N3O3S. The Bertz CT molecular complexity index is 687. The lowest BCUT2D eigenvalue weighted by Gasteiger charge is -2.09. The van der Waals surface area contributed by atoms with E-state index < -0.39 is 10.1 Å². The molecule has 0 radical (unpaired) electrons. The van der Waals surface area contributed by atoms with Gasteiger partial charge in [0.25, 0.3) is 10.1 Å². The molecule has 0 aliphatic heterocycles. The number of nitrogen functional groups attached to an aromatic ring is 1. The number of benzene rings is 2. The van der Waals surface area contributed by atoms with E-state index in [0.717, 1.165) is 11.3 Å². The molecule has 2 aromatic rings. The van der Waals surface area contributed by atoms with Crippen molar-refractivity contribution in [1.82, 2.24) is 5.43 Å². The topological polar surface area (TPSA) is 104 Å². The Hall–Kier alpha value is -2.09. The lowest BCUT2D eigenvalue weighted by atomic mass is 10.2. The summed E-state index contributed by atoms with van der Waals surface area (Å²) in [4.78, 5) is -0.280. The van der Waals surface area contributed by atoms with Gasteiger partial charge in [-0.05, 0) is 29.8 Å². The third-order valence-corrected chi connectivity index (χ3v) is 3.58. The van der Waals surface area contributed by atoms with E-state index in [1.807, 2.05) is 30.3 Å². The van der Waals surface area contributed by atoms with E-state index in [1.165, 1.54) is 12.1 Å². The number of rotatable bonds is 5. The Kier molecular flexibility index (Phi) is 4.23. The maximum Gasteiger partial charge on any atom is 0.296 e. The summed E-state index contributed by atoms with van der Waals surface area (Å²) in [6, 6.07) is 13.9. The van der Waals surface area contributed by atoms with Crippen molar-refractivity contribution < 1.29 is 13.0 Å².